The Kier molecular flexibility index (Phi) is 4.09. The summed E-state index contributed by atoms with van der Waals surface area (Å²) in [7, 11) is 0. The number of carboxylic acids is 1. The maximum absolute atomic E-state index is 10.8. The van der Waals surface area contributed by atoms with Crippen LogP contribution in [-0.4, -0.2) is 16.1 Å². The molecule has 0 saturated carbocycles. The van der Waals surface area contributed by atoms with Crippen molar-refractivity contribution in [2.24, 2.45) is 0 Å². The Morgan fingerprint density at radius 3 is 2.41 bits per heavy atom. The quantitative estimate of drug-likeness (QED) is 0.713. The van der Waals surface area contributed by atoms with Gasteiger partial charge in [-0.2, -0.15) is 0 Å². The molecule has 0 fully saturated rings. The van der Waals surface area contributed by atoms with Crippen LogP contribution in [0.3, 0.4) is 0 Å². The molecule has 0 bridgehead atoms. The lowest BCUT2D eigenvalue weighted by atomic mass is 10.2. The van der Waals surface area contributed by atoms with E-state index in [1.54, 1.807) is 24.3 Å². The second-order valence-electron chi connectivity index (χ2n) is 4.55. The number of carboxylic acid groups (broad SMARTS) is 1. The van der Waals surface area contributed by atoms with Crippen molar-refractivity contribution in [2.75, 3.05) is 5.32 Å². The summed E-state index contributed by atoms with van der Waals surface area (Å²) in [6.45, 7) is 0. The highest BCUT2D eigenvalue weighted by Gasteiger charge is 2.06. The van der Waals surface area contributed by atoms with Gasteiger partial charge in [0.2, 0.25) is 0 Å². The zero-order valence-electron chi connectivity index (χ0n) is 11.3. The number of rotatable bonds is 4. The molecular weight excluding hydrogens is 320 g/mol. The van der Waals surface area contributed by atoms with Crippen LogP contribution in [0.15, 0.2) is 53.9 Å². The Hall–Kier alpha value is -2.37. The molecule has 3 rings (SSSR count). The first kappa shape index (κ1) is 14.6. The monoisotopic (exact) mass is 330 g/mol. The topological polar surface area (TPSA) is 62.2 Å². The summed E-state index contributed by atoms with van der Waals surface area (Å²) in [4.78, 5) is 15.3. The molecule has 2 aromatic carbocycles. The zero-order valence-corrected chi connectivity index (χ0v) is 12.9. The van der Waals surface area contributed by atoms with E-state index in [1.807, 2.05) is 29.6 Å². The maximum Gasteiger partial charge on any atom is 0.335 e. The third-order valence-corrected chi connectivity index (χ3v) is 4.04. The molecule has 2 N–H and O–H groups in total. The van der Waals surface area contributed by atoms with Crippen LogP contribution in [0.25, 0.3) is 11.3 Å². The molecule has 0 unspecified atom stereocenters. The number of nitrogens with one attached hydrogen (secondary N) is 1. The average Bonchev–Trinajstić information content (AvgIpc) is 2.97. The van der Waals surface area contributed by atoms with E-state index in [-0.39, 0.29) is 5.56 Å². The summed E-state index contributed by atoms with van der Waals surface area (Å²) in [5, 5.41) is 15.4. The van der Waals surface area contributed by atoms with E-state index < -0.39 is 5.97 Å². The van der Waals surface area contributed by atoms with Crippen molar-refractivity contribution in [3.63, 3.8) is 0 Å². The molecule has 0 aliphatic heterocycles. The number of benzene rings is 2. The summed E-state index contributed by atoms with van der Waals surface area (Å²) in [6.07, 6.45) is 0. The van der Waals surface area contributed by atoms with Gasteiger partial charge in [0, 0.05) is 21.7 Å². The largest absolute Gasteiger partial charge is 0.478 e. The minimum Gasteiger partial charge on any atom is -0.478 e. The van der Waals surface area contributed by atoms with Crippen LogP contribution >= 0.6 is 22.9 Å². The van der Waals surface area contributed by atoms with Crippen molar-refractivity contribution in [3.8, 4) is 11.3 Å². The van der Waals surface area contributed by atoms with Crippen LogP contribution in [0.4, 0.5) is 10.8 Å². The number of hydrogen-bond donors (Lipinski definition) is 2. The SMILES string of the molecule is O=C(O)c1ccc(Nc2nc(-c3ccc(Cl)cc3)cs2)cc1. The third kappa shape index (κ3) is 3.27. The number of halogens is 1. The first-order valence-corrected chi connectivity index (χ1v) is 7.69. The molecule has 0 atom stereocenters. The second-order valence-corrected chi connectivity index (χ2v) is 5.85. The Morgan fingerprint density at radius 1 is 1.09 bits per heavy atom. The summed E-state index contributed by atoms with van der Waals surface area (Å²) < 4.78 is 0. The fourth-order valence-corrected chi connectivity index (χ4v) is 2.77. The van der Waals surface area contributed by atoms with Gasteiger partial charge < -0.3 is 10.4 Å². The van der Waals surface area contributed by atoms with Gasteiger partial charge in [0.25, 0.3) is 0 Å². The van der Waals surface area contributed by atoms with E-state index in [2.05, 4.69) is 10.3 Å². The van der Waals surface area contributed by atoms with Crippen LogP contribution in [0.1, 0.15) is 10.4 Å². The molecule has 0 radical (unpaired) electrons. The van der Waals surface area contributed by atoms with Crippen molar-refractivity contribution in [1.29, 1.82) is 0 Å². The Balaban J connectivity index is 1.76. The summed E-state index contributed by atoms with van der Waals surface area (Å²) >= 11 is 7.36. The molecular formula is C16H11ClN2O2S. The molecule has 0 saturated heterocycles. The van der Waals surface area contributed by atoms with E-state index in [1.165, 1.54) is 11.3 Å². The lowest BCUT2D eigenvalue weighted by Gasteiger charge is -2.02. The van der Waals surface area contributed by atoms with Gasteiger partial charge in [-0.3, -0.25) is 0 Å². The molecule has 0 aliphatic rings. The number of anilines is 2. The van der Waals surface area contributed by atoms with Gasteiger partial charge in [-0.15, -0.1) is 11.3 Å². The zero-order chi connectivity index (χ0) is 15.5. The summed E-state index contributed by atoms with van der Waals surface area (Å²) in [6, 6.07) is 14.0. The highest BCUT2D eigenvalue weighted by Crippen LogP contribution is 2.28. The molecule has 110 valence electrons. The molecule has 6 heteroatoms. The third-order valence-electron chi connectivity index (χ3n) is 3.03. The van der Waals surface area contributed by atoms with E-state index in [4.69, 9.17) is 16.7 Å². The van der Waals surface area contributed by atoms with E-state index in [0.717, 1.165) is 22.1 Å². The molecule has 0 aliphatic carbocycles. The van der Waals surface area contributed by atoms with Crippen molar-refractivity contribution in [1.82, 2.24) is 4.98 Å². The molecule has 3 aromatic rings. The lowest BCUT2D eigenvalue weighted by Crippen LogP contribution is -1.96. The highest BCUT2D eigenvalue weighted by atomic mass is 35.5. The lowest BCUT2D eigenvalue weighted by molar-refractivity contribution is 0.0697. The Morgan fingerprint density at radius 2 is 1.77 bits per heavy atom. The molecule has 0 amide bonds. The minimum absolute atomic E-state index is 0.256. The Bertz CT molecular complexity index is 798. The molecule has 22 heavy (non-hydrogen) atoms. The van der Waals surface area contributed by atoms with Crippen LogP contribution < -0.4 is 5.32 Å². The number of aromatic carboxylic acids is 1. The van der Waals surface area contributed by atoms with Gasteiger partial charge >= 0.3 is 5.97 Å². The van der Waals surface area contributed by atoms with E-state index in [0.29, 0.717) is 5.02 Å². The predicted molar refractivity (Wildman–Crippen MR) is 89.2 cm³/mol. The summed E-state index contributed by atoms with van der Waals surface area (Å²) in [5.74, 6) is -0.939. The normalized spacial score (nSPS) is 10.4. The molecule has 4 nitrogen and oxygen atoms in total. The van der Waals surface area contributed by atoms with Gasteiger partial charge in [0.05, 0.1) is 11.3 Å². The molecule has 1 aromatic heterocycles. The number of hydrogen-bond acceptors (Lipinski definition) is 4. The number of carbonyl (C=O) groups is 1. The van der Waals surface area contributed by atoms with Crippen LogP contribution in [0.2, 0.25) is 5.02 Å². The maximum atomic E-state index is 10.8. The fourth-order valence-electron chi connectivity index (χ4n) is 1.90. The van der Waals surface area contributed by atoms with Gasteiger partial charge in [0.1, 0.15) is 0 Å². The van der Waals surface area contributed by atoms with Crippen LogP contribution in [0, 0.1) is 0 Å². The van der Waals surface area contributed by atoms with Gasteiger partial charge in [0.15, 0.2) is 5.13 Å². The first-order chi connectivity index (χ1) is 10.6. The number of thiazole rings is 1. The minimum atomic E-state index is -0.939. The van der Waals surface area contributed by atoms with Crippen LogP contribution in [-0.2, 0) is 0 Å². The fraction of sp³-hybridized carbons (Fsp3) is 0. The Labute approximate surface area is 136 Å². The smallest absolute Gasteiger partial charge is 0.335 e. The van der Waals surface area contributed by atoms with Crippen molar-refractivity contribution in [3.05, 3.63) is 64.5 Å². The van der Waals surface area contributed by atoms with Gasteiger partial charge in [-0.1, -0.05) is 23.7 Å². The van der Waals surface area contributed by atoms with Crippen molar-refractivity contribution in [2.45, 2.75) is 0 Å². The predicted octanol–water partition coefficient (Wildman–Crippen LogP) is 4.91. The van der Waals surface area contributed by atoms with E-state index in [9.17, 15) is 4.79 Å². The van der Waals surface area contributed by atoms with Crippen molar-refractivity contribution < 1.29 is 9.90 Å². The van der Waals surface area contributed by atoms with Gasteiger partial charge in [-0.25, -0.2) is 9.78 Å². The van der Waals surface area contributed by atoms with Crippen LogP contribution in [0.5, 0.6) is 0 Å². The second kappa shape index (κ2) is 6.17. The number of nitrogens with zero attached hydrogens (tertiary/aromatic N) is 1. The van der Waals surface area contributed by atoms with Gasteiger partial charge in [-0.05, 0) is 36.4 Å². The van der Waals surface area contributed by atoms with E-state index >= 15 is 0 Å². The van der Waals surface area contributed by atoms with Crippen molar-refractivity contribution >= 4 is 39.7 Å². The summed E-state index contributed by atoms with van der Waals surface area (Å²) in [5.41, 5.74) is 2.91. The number of aromatic nitrogens is 1. The first-order valence-electron chi connectivity index (χ1n) is 6.44. The standard InChI is InChI=1S/C16H11ClN2O2S/c17-12-5-1-10(2-6-12)14-9-22-16(19-14)18-13-7-3-11(4-8-13)15(20)21/h1-9H,(H,18,19)(H,20,21). The molecule has 1 heterocycles. The highest BCUT2D eigenvalue weighted by molar-refractivity contribution is 7.14. The average molecular weight is 331 g/mol. The molecule has 0 spiro atoms.